The first-order chi connectivity index (χ1) is 6.47. The predicted octanol–water partition coefficient (Wildman–Crippen LogP) is 1.42. The van der Waals surface area contributed by atoms with Gasteiger partial charge in [0, 0.05) is 0 Å². The topological polar surface area (TPSA) is 29.5 Å². The highest BCUT2D eigenvalue weighted by atomic mass is 16.6. The van der Waals surface area contributed by atoms with Crippen molar-refractivity contribution in [2.75, 3.05) is 13.1 Å². The Labute approximate surface area is 85.4 Å². The van der Waals surface area contributed by atoms with E-state index in [1.165, 1.54) is 12.8 Å². The van der Waals surface area contributed by atoms with Crippen LogP contribution in [0.25, 0.3) is 0 Å². The summed E-state index contributed by atoms with van der Waals surface area (Å²) in [5, 5.41) is 0. The summed E-state index contributed by atoms with van der Waals surface area (Å²) in [6, 6.07) is 0.0641. The van der Waals surface area contributed by atoms with E-state index in [0.29, 0.717) is 5.92 Å². The zero-order valence-electron chi connectivity index (χ0n) is 9.25. The molecule has 3 nitrogen and oxygen atoms in total. The Morgan fingerprint density at radius 1 is 1.29 bits per heavy atom. The van der Waals surface area contributed by atoms with Gasteiger partial charge in [0.15, 0.2) is 0 Å². The van der Waals surface area contributed by atoms with Crippen molar-refractivity contribution in [3.63, 3.8) is 0 Å². The second kappa shape index (κ2) is 3.23. The molecule has 0 aromatic carbocycles. The number of rotatable bonds is 1. The quantitative estimate of drug-likeness (QED) is 0.595. The minimum atomic E-state index is -0.347. The number of esters is 1. The fourth-order valence-corrected chi connectivity index (χ4v) is 2.52. The Hall–Kier alpha value is -0.570. The van der Waals surface area contributed by atoms with Gasteiger partial charge in [-0.05, 0) is 52.6 Å². The molecule has 2 bridgehead atoms. The molecule has 2 heterocycles. The third-order valence-corrected chi connectivity index (χ3v) is 3.06. The van der Waals surface area contributed by atoms with Crippen molar-refractivity contribution >= 4 is 5.97 Å². The van der Waals surface area contributed by atoms with Crippen LogP contribution in [0.2, 0.25) is 0 Å². The molecule has 0 radical (unpaired) electrons. The van der Waals surface area contributed by atoms with Crippen LogP contribution in [-0.4, -0.2) is 35.6 Å². The number of nitrogens with zero attached hydrogens (tertiary/aromatic N) is 1. The maximum atomic E-state index is 11.9. The van der Waals surface area contributed by atoms with E-state index in [1.54, 1.807) is 0 Å². The minimum Gasteiger partial charge on any atom is -0.459 e. The highest BCUT2D eigenvalue weighted by Gasteiger charge is 2.45. The molecule has 2 fully saturated rings. The van der Waals surface area contributed by atoms with Gasteiger partial charge in [-0.2, -0.15) is 0 Å². The monoisotopic (exact) mass is 197 g/mol. The molecule has 2 rings (SSSR count). The summed E-state index contributed by atoms with van der Waals surface area (Å²) in [4.78, 5) is 14.1. The SMILES string of the molecule is CC(C)(C)OC(=O)C1C2CCN1CC2. The lowest BCUT2D eigenvalue weighted by Gasteiger charge is -2.24. The van der Waals surface area contributed by atoms with Gasteiger partial charge in [0.05, 0.1) is 0 Å². The van der Waals surface area contributed by atoms with Crippen LogP contribution < -0.4 is 0 Å². The van der Waals surface area contributed by atoms with Gasteiger partial charge in [0.1, 0.15) is 11.6 Å². The highest BCUT2D eigenvalue weighted by Crippen LogP contribution is 2.35. The van der Waals surface area contributed by atoms with Crippen molar-refractivity contribution in [2.45, 2.75) is 45.3 Å². The first-order valence-electron chi connectivity index (χ1n) is 5.44. The number of hydrogen-bond donors (Lipinski definition) is 0. The summed E-state index contributed by atoms with van der Waals surface area (Å²) < 4.78 is 5.42. The molecule has 0 saturated carbocycles. The standard InChI is InChI=1S/C11H19NO2/c1-11(2,3)14-10(13)9-8-4-6-12(9)7-5-8/h8-9H,4-7H2,1-3H3. The average molecular weight is 197 g/mol. The second-order valence-corrected chi connectivity index (χ2v) is 5.35. The van der Waals surface area contributed by atoms with E-state index in [1.807, 2.05) is 20.8 Å². The molecular formula is C11H19NO2. The fraction of sp³-hybridized carbons (Fsp3) is 0.909. The maximum Gasteiger partial charge on any atom is 0.324 e. The Bertz CT molecular complexity index is 224. The third kappa shape index (κ3) is 1.78. The van der Waals surface area contributed by atoms with Crippen molar-refractivity contribution in [2.24, 2.45) is 5.92 Å². The van der Waals surface area contributed by atoms with Gasteiger partial charge in [0.25, 0.3) is 0 Å². The lowest BCUT2D eigenvalue weighted by atomic mass is 9.99. The Kier molecular flexibility index (Phi) is 2.30. The molecule has 0 aliphatic carbocycles. The van der Waals surface area contributed by atoms with Gasteiger partial charge in [-0.25, -0.2) is 0 Å². The van der Waals surface area contributed by atoms with Gasteiger partial charge in [-0.15, -0.1) is 0 Å². The maximum absolute atomic E-state index is 11.9. The van der Waals surface area contributed by atoms with Crippen LogP contribution in [-0.2, 0) is 9.53 Å². The van der Waals surface area contributed by atoms with E-state index >= 15 is 0 Å². The van der Waals surface area contributed by atoms with Crippen LogP contribution >= 0.6 is 0 Å². The van der Waals surface area contributed by atoms with Crippen molar-refractivity contribution in [3.8, 4) is 0 Å². The zero-order valence-corrected chi connectivity index (χ0v) is 9.25. The van der Waals surface area contributed by atoms with Gasteiger partial charge in [-0.1, -0.05) is 0 Å². The van der Waals surface area contributed by atoms with Crippen molar-refractivity contribution in [3.05, 3.63) is 0 Å². The summed E-state index contributed by atoms with van der Waals surface area (Å²) in [6.45, 7) is 7.94. The van der Waals surface area contributed by atoms with Gasteiger partial charge < -0.3 is 4.74 Å². The normalized spacial score (nSPS) is 36.1. The number of ether oxygens (including phenoxy) is 1. The van der Waals surface area contributed by atoms with Crippen LogP contribution in [0.3, 0.4) is 0 Å². The summed E-state index contributed by atoms with van der Waals surface area (Å²) in [5.74, 6) is 0.544. The van der Waals surface area contributed by atoms with Gasteiger partial charge in [0.2, 0.25) is 0 Å². The number of piperidine rings is 1. The molecule has 2 aliphatic heterocycles. The number of fused-ring (bicyclic) bond motifs is 2. The van der Waals surface area contributed by atoms with Crippen LogP contribution in [0, 0.1) is 5.92 Å². The zero-order chi connectivity index (χ0) is 10.3. The molecule has 0 spiro atoms. The lowest BCUT2D eigenvalue weighted by molar-refractivity contribution is -0.160. The summed E-state index contributed by atoms with van der Waals surface area (Å²) >= 11 is 0. The fourth-order valence-electron chi connectivity index (χ4n) is 2.52. The molecule has 0 aromatic heterocycles. The van der Waals surface area contributed by atoms with E-state index in [0.717, 1.165) is 13.1 Å². The minimum absolute atomic E-state index is 0.0162. The summed E-state index contributed by atoms with van der Waals surface area (Å²) in [7, 11) is 0. The molecule has 2 saturated heterocycles. The Morgan fingerprint density at radius 3 is 2.21 bits per heavy atom. The molecule has 2 aliphatic rings. The van der Waals surface area contributed by atoms with Crippen LogP contribution in [0.1, 0.15) is 33.6 Å². The van der Waals surface area contributed by atoms with E-state index in [2.05, 4.69) is 4.90 Å². The molecule has 14 heavy (non-hydrogen) atoms. The van der Waals surface area contributed by atoms with Crippen LogP contribution in [0.15, 0.2) is 0 Å². The number of carbonyl (C=O) groups is 1. The van der Waals surface area contributed by atoms with Crippen molar-refractivity contribution in [1.29, 1.82) is 0 Å². The molecule has 0 N–H and O–H groups in total. The summed E-state index contributed by atoms with van der Waals surface area (Å²) in [5.41, 5.74) is -0.347. The van der Waals surface area contributed by atoms with E-state index in [4.69, 9.17) is 4.74 Å². The summed E-state index contributed by atoms with van der Waals surface area (Å²) in [6.07, 6.45) is 2.34. The van der Waals surface area contributed by atoms with E-state index in [9.17, 15) is 4.79 Å². The average Bonchev–Trinajstić information content (AvgIpc) is 2.57. The first-order valence-corrected chi connectivity index (χ1v) is 5.44. The molecule has 0 aromatic rings. The first kappa shape index (κ1) is 9.97. The van der Waals surface area contributed by atoms with E-state index < -0.39 is 0 Å². The van der Waals surface area contributed by atoms with Crippen LogP contribution in [0.5, 0.6) is 0 Å². The highest BCUT2D eigenvalue weighted by molar-refractivity contribution is 5.77. The lowest BCUT2D eigenvalue weighted by Crippen LogP contribution is -2.38. The van der Waals surface area contributed by atoms with Crippen molar-refractivity contribution < 1.29 is 9.53 Å². The van der Waals surface area contributed by atoms with Gasteiger partial charge >= 0.3 is 5.97 Å². The number of hydrogen-bond acceptors (Lipinski definition) is 3. The Balaban J connectivity index is 1.99. The smallest absolute Gasteiger partial charge is 0.324 e. The molecule has 3 heteroatoms. The molecule has 1 unspecified atom stereocenters. The molecular weight excluding hydrogens is 178 g/mol. The Morgan fingerprint density at radius 2 is 1.86 bits per heavy atom. The van der Waals surface area contributed by atoms with Crippen molar-refractivity contribution in [1.82, 2.24) is 4.90 Å². The van der Waals surface area contributed by atoms with Gasteiger partial charge in [-0.3, -0.25) is 9.69 Å². The third-order valence-electron chi connectivity index (χ3n) is 3.06. The second-order valence-electron chi connectivity index (χ2n) is 5.35. The van der Waals surface area contributed by atoms with Crippen LogP contribution in [0.4, 0.5) is 0 Å². The van der Waals surface area contributed by atoms with E-state index in [-0.39, 0.29) is 17.6 Å². The molecule has 1 atom stereocenters. The largest absolute Gasteiger partial charge is 0.459 e. The number of carbonyl (C=O) groups excluding carboxylic acids is 1. The molecule has 80 valence electrons. The molecule has 0 amide bonds. The predicted molar refractivity (Wildman–Crippen MR) is 53.9 cm³/mol.